The van der Waals surface area contributed by atoms with Crippen molar-refractivity contribution in [3.8, 4) is 5.75 Å². The summed E-state index contributed by atoms with van der Waals surface area (Å²) < 4.78 is 10.9. The SMILES string of the molecule is Cc1cccc(OCc2nnc(SC(C)C(N)=O)o2)c1. The zero-order chi connectivity index (χ0) is 14.5. The highest BCUT2D eigenvalue weighted by molar-refractivity contribution is 8.00. The Morgan fingerprint density at radius 2 is 2.30 bits per heavy atom. The van der Waals surface area contributed by atoms with Crippen molar-refractivity contribution in [2.45, 2.75) is 30.9 Å². The van der Waals surface area contributed by atoms with Gasteiger partial charge in [-0.05, 0) is 31.5 Å². The lowest BCUT2D eigenvalue weighted by molar-refractivity contribution is -0.117. The van der Waals surface area contributed by atoms with Gasteiger partial charge in [0.15, 0.2) is 6.61 Å². The van der Waals surface area contributed by atoms with E-state index in [9.17, 15) is 4.79 Å². The van der Waals surface area contributed by atoms with Crippen molar-refractivity contribution in [1.82, 2.24) is 10.2 Å². The molecule has 20 heavy (non-hydrogen) atoms. The van der Waals surface area contributed by atoms with Crippen LogP contribution in [-0.2, 0) is 11.4 Å². The molecule has 2 rings (SSSR count). The molecule has 7 heteroatoms. The maximum absolute atomic E-state index is 10.9. The van der Waals surface area contributed by atoms with Gasteiger partial charge in [0.05, 0.1) is 5.25 Å². The van der Waals surface area contributed by atoms with Gasteiger partial charge in [0.2, 0.25) is 5.91 Å². The number of thioether (sulfide) groups is 1. The number of nitrogens with zero attached hydrogens (tertiary/aromatic N) is 2. The fourth-order valence-electron chi connectivity index (χ4n) is 1.40. The lowest BCUT2D eigenvalue weighted by atomic mass is 10.2. The number of nitrogens with two attached hydrogens (primary N) is 1. The molecule has 0 aliphatic carbocycles. The highest BCUT2D eigenvalue weighted by atomic mass is 32.2. The molecule has 1 amide bonds. The molecule has 0 saturated heterocycles. The molecule has 6 nitrogen and oxygen atoms in total. The predicted octanol–water partition coefficient (Wildman–Crippen LogP) is 1.92. The Balaban J connectivity index is 1.91. The van der Waals surface area contributed by atoms with Crippen molar-refractivity contribution in [3.63, 3.8) is 0 Å². The van der Waals surface area contributed by atoms with Crippen LogP contribution in [0.1, 0.15) is 18.4 Å². The second kappa shape index (κ2) is 6.42. The first-order valence-corrected chi connectivity index (χ1v) is 6.90. The molecular formula is C13H15N3O3S. The number of amides is 1. The fourth-order valence-corrected chi connectivity index (χ4v) is 2.05. The molecule has 1 unspecified atom stereocenters. The van der Waals surface area contributed by atoms with Crippen LogP contribution in [0.2, 0.25) is 0 Å². The van der Waals surface area contributed by atoms with Gasteiger partial charge in [-0.15, -0.1) is 10.2 Å². The highest BCUT2D eigenvalue weighted by Gasteiger charge is 2.15. The van der Waals surface area contributed by atoms with Gasteiger partial charge in [0.25, 0.3) is 11.1 Å². The molecule has 1 aromatic carbocycles. The quantitative estimate of drug-likeness (QED) is 0.818. The van der Waals surface area contributed by atoms with Gasteiger partial charge < -0.3 is 14.9 Å². The third-order valence-electron chi connectivity index (χ3n) is 2.48. The van der Waals surface area contributed by atoms with E-state index in [2.05, 4.69) is 10.2 Å². The molecule has 1 aromatic heterocycles. The Bertz CT molecular complexity index is 600. The number of hydrogen-bond acceptors (Lipinski definition) is 6. The van der Waals surface area contributed by atoms with E-state index >= 15 is 0 Å². The molecule has 0 fully saturated rings. The summed E-state index contributed by atoms with van der Waals surface area (Å²) in [5, 5.41) is 7.57. The number of carbonyl (C=O) groups excluding carboxylic acids is 1. The Kier molecular flexibility index (Phi) is 4.62. The molecule has 2 N–H and O–H groups in total. The van der Waals surface area contributed by atoms with E-state index in [1.807, 2.05) is 31.2 Å². The summed E-state index contributed by atoms with van der Waals surface area (Å²) in [6, 6.07) is 7.67. The lowest BCUT2D eigenvalue weighted by Crippen LogP contribution is -2.22. The Labute approximate surface area is 120 Å². The molecule has 106 valence electrons. The van der Waals surface area contributed by atoms with E-state index in [0.717, 1.165) is 23.1 Å². The highest BCUT2D eigenvalue weighted by Crippen LogP contribution is 2.22. The minimum atomic E-state index is -0.425. The van der Waals surface area contributed by atoms with Crippen LogP contribution in [0.15, 0.2) is 33.9 Å². The van der Waals surface area contributed by atoms with Crippen molar-refractivity contribution in [2.24, 2.45) is 5.73 Å². The van der Waals surface area contributed by atoms with E-state index in [-0.39, 0.29) is 6.61 Å². The molecule has 0 radical (unpaired) electrons. The predicted molar refractivity (Wildman–Crippen MR) is 74.3 cm³/mol. The number of ether oxygens (including phenoxy) is 1. The van der Waals surface area contributed by atoms with E-state index in [0.29, 0.717) is 11.1 Å². The number of carbonyl (C=O) groups is 1. The second-order valence-corrected chi connectivity index (χ2v) is 5.52. The summed E-state index contributed by atoms with van der Waals surface area (Å²) in [6.07, 6.45) is 0. The number of aryl methyl sites for hydroxylation is 1. The molecule has 0 saturated carbocycles. The van der Waals surface area contributed by atoms with E-state index in [1.165, 1.54) is 0 Å². The molecular weight excluding hydrogens is 278 g/mol. The zero-order valence-electron chi connectivity index (χ0n) is 11.2. The second-order valence-electron chi connectivity index (χ2n) is 4.23. The zero-order valence-corrected chi connectivity index (χ0v) is 12.0. The Morgan fingerprint density at radius 3 is 3.00 bits per heavy atom. The van der Waals surface area contributed by atoms with E-state index in [4.69, 9.17) is 14.9 Å². The van der Waals surface area contributed by atoms with Crippen LogP contribution in [0.3, 0.4) is 0 Å². The molecule has 1 atom stereocenters. The Morgan fingerprint density at radius 1 is 1.50 bits per heavy atom. The van der Waals surface area contributed by atoms with Crippen molar-refractivity contribution in [1.29, 1.82) is 0 Å². The summed E-state index contributed by atoms with van der Waals surface area (Å²) in [7, 11) is 0. The summed E-state index contributed by atoms with van der Waals surface area (Å²) in [4.78, 5) is 10.9. The van der Waals surface area contributed by atoms with Gasteiger partial charge in [-0.2, -0.15) is 0 Å². The van der Waals surface area contributed by atoms with Crippen LogP contribution in [0.25, 0.3) is 0 Å². The molecule has 0 aliphatic heterocycles. The van der Waals surface area contributed by atoms with Crippen LogP contribution >= 0.6 is 11.8 Å². The van der Waals surface area contributed by atoms with Gasteiger partial charge in [-0.3, -0.25) is 4.79 Å². The van der Waals surface area contributed by atoms with Crippen molar-refractivity contribution in [3.05, 3.63) is 35.7 Å². The molecule has 2 aromatic rings. The monoisotopic (exact) mass is 293 g/mol. The minimum Gasteiger partial charge on any atom is -0.484 e. The van der Waals surface area contributed by atoms with Crippen LogP contribution in [-0.4, -0.2) is 21.4 Å². The normalized spacial score (nSPS) is 12.1. The van der Waals surface area contributed by atoms with Gasteiger partial charge in [0.1, 0.15) is 5.75 Å². The topological polar surface area (TPSA) is 91.2 Å². The molecule has 1 heterocycles. The first-order valence-electron chi connectivity index (χ1n) is 6.02. The van der Waals surface area contributed by atoms with Crippen LogP contribution in [0.5, 0.6) is 5.75 Å². The molecule has 0 aliphatic rings. The van der Waals surface area contributed by atoms with Crippen molar-refractivity contribution in [2.75, 3.05) is 0 Å². The molecule has 0 spiro atoms. The van der Waals surface area contributed by atoms with Gasteiger partial charge >= 0.3 is 0 Å². The van der Waals surface area contributed by atoms with Crippen LogP contribution in [0.4, 0.5) is 0 Å². The molecule has 0 bridgehead atoms. The maximum atomic E-state index is 10.9. The third-order valence-corrected chi connectivity index (χ3v) is 3.43. The first-order chi connectivity index (χ1) is 9.54. The number of primary amides is 1. The summed E-state index contributed by atoms with van der Waals surface area (Å²) in [5.41, 5.74) is 6.28. The van der Waals surface area contributed by atoms with Gasteiger partial charge in [-0.25, -0.2) is 0 Å². The fraction of sp³-hybridized carbons (Fsp3) is 0.308. The average Bonchev–Trinajstić information content (AvgIpc) is 2.84. The minimum absolute atomic E-state index is 0.183. The maximum Gasteiger partial charge on any atom is 0.277 e. The van der Waals surface area contributed by atoms with Crippen LogP contribution < -0.4 is 10.5 Å². The smallest absolute Gasteiger partial charge is 0.277 e. The number of aromatic nitrogens is 2. The number of rotatable bonds is 6. The number of benzene rings is 1. The lowest BCUT2D eigenvalue weighted by Gasteiger charge is -2.03. The first kappa shape index (κ1) is 14.4. The van der Waals surface area contributed by atoms with Crippen molar-refractivity contribution < 1.29 is 13.9 Å². The standard InChI is InChI=1S/C13H15N3O3S/c1-8-4-3-5-10(6-8)18-7-11-15-16-13(19-11)20-9(2)12(14)17/h3-6,9H,7H2,1-2H3,(H2,14,17). The summed E-state index contributed by atoms with van der Waals surface area (Å²) in [6.45, 7) is 3.85. The average molecular weight is 293 g/mol. The van der Waals surface area contributed by atoms with E-state index in [1.54, 1.807) is 6.92 Å². The van der Waals surface area contributed by atoms with E-state index < -0.39 is 11.2 Å². The summed E-state index contributed by atoms with van der Waals surface area (Å²) in [5.74, 6) is 0.666. The van der Waals surface area contributed by atoms with Gasteiger partial charge in [-0.1, -0.05) is 23.9 Å². The Hall–Kier alpha value is -2.02. The summed E-state index contributed by atoms with van der Waals surface area (Å²) >= 11 is 1.13. The third kappa shape index (κ3) is 3.99. The van der Waals surface area contributed by atoms with Gasteiger partial charge in [0, 0.05) is 0 Å². The van der Waals surface area contributed by atoms with Crippen molar-refractivity contribution >= 4 is 17.7 Å². The number of hydrogen-bond donors (Lipinski definition) is 1. The van der Waals surface area contributed by atoms with Crippen LogP contribution in [0, 0.1) is 6.92 Å². The largest absolute Gasteiger partial charge is 0.484 e.